The molecule has 0 radical (unpaired) electrons. The maximum atomic E-state index is 9.63. The molecule has 0 aromatic rings. The van der Waals surface area contributed by atoms with Gasteiger partial charge in [0.2, 0.25) is 0 Å². The Kier molecular flexibility index (Phi) is 4.94. The molecule has 0 atom stereocenters. The van der Waals surface area contributed by atoms with E-state index in [4.69, 9.17) is 0 Å². The summed E-state index contributed by atoms with van der Waals surface area (Å²) in [4.78, 5) is 0. The van der Waals surface area contributed by atoms with Crippen molar-refractivity contribution in [2.75, 3.05) is 19.3 Å². The van der Waals surface area contributed by atoms with Gasteiger partial charge in [-0.05, 0) is 32.9 Å². The van der Waals surface area contributed by atoms with Gasteiger partial charge in [-0.25, -0.2) is 0 Å². The SMILES string of the molecule is CSC1(CNCC(C)(C)O)CCCCC1. The number of nitrogens with one attached hydrogen (secondary N) is 1. The first-order valence-corrected chi connectivity index (χ1v) is 7.18. The van der Waals surface area contributed by atoms with E-state index < -0.39 is 5.60 Å². The minimum atomic E-state index is -0.589. The van der Waals surface area contributed by atoms with Gasteiger partial charge in [0.1, 0.15) is 0 Å². The molecule has 0 aromatic heterocycles. The second-order valence-corrected chi connectivity index (χ2v) is 6.64. The Morgan fingerprint density at radius 3 is 2.33 bits per heavy atom. The highest BCUT2D eigenvalue weighted by molar-refractivity contribution is 8.00. The van der Waals surface area contributed by atoms with Gasteiger partial charge in [-0.3, -0.25) is 0 Å². The topological polar surface area (TPSA) is 32.3 Å². The standard InChI is InChI=1S/C12H25NOS/c1-11(2,14)9-13-10-12(15-3)7-5-4-6-8-12/h13-14H,4-10H2,1-3H3. The van der Waals surface area contributed by atoms with E-state index in [1.165, 1.54) is 32.1 Å². The molecule has 0 aliphatic heterocycles. The maximum Gasteiger partial charge on any atom is 0.0715 e. The Labute approximate surface area is 98.2 Å². The summed E-state index contributed by atoms with van der Waals surface area (Å²) in [6.07, 6.45) is 9.00. The summed E-state index contributed by atoms with van der Waals surface area (Å²) in [7, 11) is 0. The van der Waals surface area contributed by atoms with E-state index in [-0.39, 0.29) is 0 Å². The highest BCUT2D eigenvalue weighted by atomic mass is 32.2. The van der Waals surface area contributed by atoms with E-state index in [9.17, 15) is 5.11 Å². The molecule has 0 bridgehead atoms. The fourth-order valence-corrected chi connectivity index (χ4v) is 3.19. The van der Waals surface area contributed by atoms with Crippen LogP contribution in [0.2, 0.25) is 0 Å². The van der Waals surface area contributed by atoms with Gasteiger partial charge in [-0.2, -0.15) is 11.8 Å². The van der Waals surface area contributed by atoms with Crippen LogP contribution in [0.25, 0.3) is 0 Å². The quantitative estimate of drug-likeness (QED) is 0.762. The molecule has 0 unspecified atom stereocenters. The molecule has 2 nitrogen and oxygen atoms in total. The van der Waals surface area contributed by atoms with Crippen LogP contribution in [-0.2, 0) is 0 Å². The van der Waals surface area contributed by atoms with E-state index in [2.05, 4.69) is 11.6 Å². The summed E-state index contributed by atoms with van der Waals surface area (Å²) in [5, 5.41) is 13.1. The van der Waals surface area contributed by atoms with Gasteiger partial charge < -0.3 is 10.4 Å². The van der Waals surface area contributed by atoms with Crippen molar-refractivity contribution in [2.45, 2.75) is 56.3 Å². The number of hydrogen-bond acceptors (Lipinski definition) is 3. The van der Waals surface area contributed by atoms with Crippen molar-refractivity contribution in [3.8, 4) is 0 Å². The number of aliphatic hydroxyl groups is 1. The van der Waals surface area contributed by atoms with Crippen molar-refractivity contribution >= 4 is 11.8 Å². The molecular formula is C12H25NOS. The summed E-state index contributed by atoms with van der Waals surface area (Å²) in [6.45, 7) is 5.44. The van der Waals surface area contributed by atoms with Gasteiger partial charge in [-0.1, -0.05) is 19.3 Å². The summed E-state index contributed by atoms with van der Waals surface area (Å²) >= 11 is 2.00. The highest BCUT2D eigenvalue weighted by Gasteiger charge is 2.31. The van der Waals surface area contributed by atoms with Crippen molar-refractivity contribution < 1.29 is 5.11 Å². The van der Waals surface area contributed by atoms with E-state index in [1.807, 2.05) is 25.6 Å². The van der Waals surface area contributed by atoms with E-state index in [1.54, 1.807) is 0 Å². The monoisotopic (exact) mass is 231 g/mol. The second-order valence-electron chi connectivity index (χ2n) is 5.36. The molecule has 15 heavy (non-hydrogen) atoms. The molecule has 1 rings (SSSR count). The van der Waals surface area contributed by atoms with Crippen LogP contribution < -0.4 is 5.32 Å². The summed E-state index contributed by atoms with van der Waals surface area (Å²) in [5.74, 6) is 0. The smallest absolute Gasteiger partial charge is 0.0715 e. The van der Waals surface area contributed by atoms with Gasteiger partial charge in [-0.15, -0.1) is 0 Å². The zero-order valence-corrected chi connectivity index (χ0v) is 11.1. The first-order valence-electron chi connectivity index (χ1n) is 5.96. The normalized spacial score (nSPS) is 21.6. The first-order chi connectivity index (χ1) is 6.97. The van der Waals surface area contributed by atoms with Crippen molar-refractivity contribution in [3.05, 3.63) is 0 Å². The summed E-state index contributed by atoms with van der Waals surface area (Å²) in [6, 6.07) is 0. The third-order valence-corrected chi connectivity index (χ3v) is 4.62. The minimum absolute atomic E-state index is 0.434. The fraction of sp³-hybridized carbons (Fsp3) is 1.00. The van der Waals surface area contributed by atoms with E-state index >= 15 is 0 Å². The average Bonchev–Trinajstić information content (AvgIpc) is 2.17. The molecule has 2 N–H and O–H groups in total. The lowest BCUT2D eigenvalue weighted by atomic mass is 9.88. The van der Waals surface area contributed by atoms with Crippen LogP contribution >= 0.6 is 11.8 Å². The van der Waals surface area contributed by atoms with Crippen LogP contribution in [0.5, 0.6) is 0 Å². The highest BCUT2D eigenvalue weighted by Crippen LogP contribution is 2.37. The molecule has 1 aliphatic carbocycles. The van der Waals surface area contributed by atoms with Crippen LogP contribution in [-0.4, -0.2) is 34.8 Å². The maximum absolute atomic E-state index is 9.63. The van der Waals surface area contributed by atoms with Crippen molar-refractivity contribution in [2.24, 2.45) is 0 Å². The lowest BCUT2D eigenvalue weighted by Crippen LogP contribution is -2.44. The molecule has 0 aromatic carbocycles. The average molecular weight is 231 g/mol. The molecule has 90 valence electrons. The van der Waals surface area contributed by atoms with E-state index in [0.717, 1.165) is 6.54 Å². The Bertz CT molecular complexity index is 183. The van der Waals surface area contributed by atoms with Gasteiger partial charge in [0.25, 0.3) is 0 Å². The second kappa shape index (κ2) is 5.55. The lowest BCUT2D eigenvalue weighted by molar-refractivity contribution is 0.0788. The Hall–Kier alpha value is 0.270. The molecule has 0 heterocycles. The summed E-state index contributed by atoms with van der Waals surface area (Å²) in [5.41, 5.74) is -0.589. The molecule has 1 saturated carbocycles. The number of hydrogen-bond donors (Lipinski definition) is 2. The predicted molar refractivity (Wildman–Crippen MR) is 68.5 cm³/mol. The largest absolute Gasteiger partial charge is 0.389 e. The van der Waals surface area contributed by atoms with Crippen LogP contribution in [0.1, 0.15) is 46.0 Å². The van der Waals surface area contributed by atoms with Gasteiger partial charge in [0.15, 0.2) is 0 Å². The third kappa shape index (κ3) is 4.75. The zero-order valence-electron chi connectivity index (χ0n) is 10.3. The van der Waals surface area contributed by atoms with E-state index in [0.29, 0.717) is 11.3 Å². The Balaban J connectivity index is 2.33. The molecular weight excluding hydrogens is 206 g/mol. The molecule has 3 heteroatoms. The number of rotatable bonds is 5. The van der Waals surface area contributed by atoms with Crippen molar-refractivity contribution in [1.82, 2.24) is 5.32 Å². The fourth-order valence-electron chi connectivity index (χ4n) is 2.25. The Morgan fingerprint density at radius 1 is 1.27 bits per heavy atom. The van der Waals surface area contributed by atoms with Gasteiger partial charge in [0, 0.05) is 17.8 Å². The van der Waals surface area contributed by atoms with Crippen LogP contribution in [0.15, 0.2) is 0 Å². The van der Waals surface area contributed by atoms with Gasteiger partial charge >= 0.3 is 0 Å². The van der Waals surface area contributed by atoms with Crippen molar-refractivity contribution in [1.29, 1.82) is 0 Å². The van der Waals surface area contributed by atoms with Gasteiger partial charge in [0.05, 0.1) is 5.60 Å². The molecule has 0 saturated heterocycles. The Morgan fingerprint density at radius 2 is 1.87 bits per heavy atom. The minimum Gasteiger partial charge on any atom is -0.389 e. The number of thioether (sulfide) groups is 1. The van der Waals surface area contributed by atoms with Crippen LogP contribution in [0, 0.1) is 0 Å². The summed E-state index contributed by atoms with van der Waals surface area (Å²) < 4.78 is 0.434. The predicted octanol–water partition coefficient (Wildman–Crippen LogP) is 2.41. The molecule has 1 aliphatic rings. The first kappa shape index (κ1) is 13.3. The molecule has 0 spiro atoms. The lowest BCUT2D eigenvalue weighted by Gasteiger charge is -2.36. The zero-order chi connectivity index (χ0) is 11.4. The molecule has 1 fully saturated rings. The van der Waals surface area contributed by atoms with Crippen LogP contribution in [0.4, 0.5) is 0 Å². The van der Waals surface area contributed by atoms with Crippen LogP contribution in [0.3, 0.4) is 0 Å². The third-order valence-electron chi connectivity index (χ3n) is 3.20. The van der Waals surface area contributed by atoms with Crippen molar-refractivity contribution in [3.63, 3.8) is 0 Å². The molecule has 0 amide bonds.